The minimum absolute atomic E-state index is 0.221. The number of halogens is 1. The largest absolute Gasteiger partial charge is 0.497 e. The van der Waals surface area contributed by atoms with Crippen LogP contribution >= 0.6 is 11.8 Å². The smallest absolute Gasteiger partial charge is 0.316 e. The van der Waals surface area contributed by atoms with Gasteiger partial charge in [-0.25, -0.2) is 13.9 Å². The summed E-state index contributed by atoms with van der Waals surface area (Å²) in [5, 5.41) is 12.5. The molecule has 2 aliphatic heterocycles. The molecule has 1 N–H and O–H groups in total. The molecule has 0 bridgehead atoms. The summed E-state index contributed by atoms with van der Waals surface area (Å²) in [6.45, 7) is 0.884. The van der Waals surface area contributed by atoms with Crippen LogP contribution in [0, 0.1) is 5.82 Å². The van der Waals surface area contributed by atoms with Crippen molar-refractivity contribution in [2.75, 3.05) is 38.0 Å². The zero-order valence-electron chi connectivity index (χ0n) is 15.3. The van der Waals surface area contributed by atoms with Crippen LogP contribution in [-0.2, 0) is 5.72 Å². The van der Waals surface area contributed by atoms with E-state index in [1.165, 1.54) is 13.2 Å². The molecule has 0 saturated carbocycles. The molecule has 0 fully saturated rings. The second-order valence-corrected chi connectivity index (χ2v) is 7.62. The van der Waals surface area contributed by atoms with Crippen LogP contribution in [0.4, 0.5) is 10.1 Å². The molecule has 2 aromatic rings. The zero-order valence-corrected chi connectivity index (χ0v) is 16.1. The standard InChI is InChI=1S/C20H22FN2O3S/c1-25-14-8-9-15(16(21)12-14)20(24)13-22(19-23(20)10-5-11-27-19)17-6-3-4-7-18(17)26-2/h3-4,6-9,12,24H,5,10-11,13H2,1-2H3/q+1. The highest BCUT2D eigenvalue weighted by atomic mass is 32.2. The van der Waals surface area contributed by atoms with Crippen molar-refractivity contribution in [3.8, 4) is 11.5 Å². The molecule has 0 aliphatic carbocycles. The van der Waals surface area contributed by atoms with E-state index in [2.05, 4.69) is 0 Å². The minimum Gasteiger partial charge on any atom is -0.497 e. The molecule has 0 radical (unpaired) electrons. The number of nitrogens with zero attached hydrogens (tertiary/aromatic N) is 2. The van der Waals surface area contributed by atoms with Crippen LogP contribution in [0.3, 0.4) is 0 Å². The maximum absolute atomic E-state index is 14.8. The van der Waals surface area contributed by atoms with Gasteiger partial charge in [-0.1, -0.05) is 12.1 Å². The Balaban J connectivity index is 1.83. The highest BCUT2D eigenvalue weighted by molar-refractivity contribution is 8.13. The van der Waals surface area contributed by atoms with E-state index in [1.807, 2.05) is 33.7 Å². The Bertz CT molecular complexity index is 905. The molecule has 0 saturated heterocycles. The molecular weight excluding hydrogens is 367 g/mol. The number of benzene rings is 2. The maximum atomic E-state index is 14.8. The second-order valence-electron chi connectivity index (χ2n) is 6.56. The normalized spacial score (nSPS) is 22.0. The number of para-hydroxylation sites is 2. The molecule has 7 heteroatoms. The number of anilines is 1. The Morgan fingerprint density at radius 2 is 2.00 bits per heavy atom. The van der Waals surface area contributed by atoms with Crippen molar-refractivity contribution in [2.24, 2.45) is 0 Å². The molecule has 142 valence electrons. The first kappa shape index (κ1) is 18.1. The van der Waals surface area contributed by atoms with Gasteiger partial charge in [-0.05, 0) is 42.4 Å². The second kappa shape index (κ2) is 7.05. The summed E-state index contributed by atoms with van der Waals surface area (Å²) in [5.41, 5.74) is -0.347. The van der Waals surface area contributed by atoms with E-state index in [0.29, 0.717) is 12.3 Å². The number of methoxy groups -OCH3 is 2. The van der Waals surface area contributed by atoms with Gasteiger partial charge in [-0.3, -0.25) is 0 Å². The van der Waals surface area contributed by atoms with Gasteiger partial charge in [-0.2, -0.15) is 0 Å². The summed E-state index contributed by atoms with van der Waals surface area (Å²) in [5.74, 6) is 1.62. The molecule has 0 amide bonds. The van der Waals surface area contributed by atoms with Crippen LogP contribution in [0.2, 0.25) is 0 Å². The highest BCUT2D eigenvalue weighted by Gasteiger charge is 2.54. The van der Waals surface area contributed by atoms with Gasteiger partial charge in [0.2, 0.25) is 0 Å². The molecule has 2 aliphatic rings. The Hall–Kier alpha value is -2.25. The Kier molecular flexibility index (Phi) is 4.74. The van der Waals surface area contributed by atoms with Crippen molar-refractivity contribution < 1.29 is 23.5 Å². The highest BCUT2D eigenvalue weighted by Crippen LogP contribution is 2.41. The molecule has 5 nitrogen and oxygen atoms in total. The number of β-amino-alcohol motifs (C(OH)–C–C–N with tert-alkyl or cyclic N) is 1. The number of rotatable bonds is 4. The monoisotopic (exact) mass is 389 g/mol. The lowest BCUT2D eigenvalue weighted by atomic mass is 10.0. The predicted molar refractivity (Wildman–Crippen MR) is 104 cm³/mol. The van der Waals surface area contributed by atoms with Gasteiger partial charge in [-0.15, -0.1) is 0 Å². The van der Waals surface area contributed by atoms with Gasteiger partial charge < -0.3 is 14.6 Å². The lowest BCUT2D eigenvalue weighted by molar-refractivity contribution is -0.657. The minimum atomic E-state index is -1.46. The molecule has 27 heavy (non-hydrogen) atoms. The van der Waals surface area contributed by atoms with Crippen LogP contribution in [0.15, 0.2) is 42.5 Å². The van der Waals surface area contributed by atoms with E-state index in [9.17, 15) is 9.50 Å². The first-order chi connectivity index (χ1) is 13.1. The molecule has 1 atom stereocenters. The topological polar surface area (TPSA) is 44.9 Å². The summed E-state index contributed by atoms with van der Waals surface area (Å²) in [6, 6.07) is 12.3. The Morgan fingerprint density at radius 1 is 1.19 bits per heavy atom. The van der Waals surface area contributed by atoms with Gasteiger partial charge in [0.25, 0.3) is 5.72 Å². The fourth-order valence-electron chi connectivity index (χ4n) is 3.72. The lowest BCUT2D eigenvalue weighted by Crippen LogP contribution is -2.42. The third kappa shape index (κ3) is 2.95. The number of amidine groups is 1. The fourth-order valence-corrected chi connectivity index (χ4v) is 4.89. The van der Waals surface area contributed by atoms with Crippen molar-refractivity contribution in [2.45, 2.75) is 12.1 Å². The molecule has 2 aromatic carbocycles. The van der Waals surface area contributed by atoms with Crippen LogP contribution in [0.25, 0.3) is 0 Å². The average Bonchev–Trinajstić information content (AvgIpc) is 3.01. The summed E-state index contributed by atoms with van der Waals surface area (Å²) in [4.78, 5) is 2.02. The number of ether oxygens (including phenoxy) is 2. The third-order valence-electron chi connectivity index (χ3n) is 5.03. The van der Waals surface area contributed by atoms with Crippen molar-refractivity contribution in [3.05, 3.63) is 53.8 Å². The molecule has 4 rings (SSSR count). The zero-order chi connectivity index (χ0) is 19.0. The molecule has 1 unspecified atom stereocenters. The van der Waals surface area contributed by atoms with Crippen molar-refractivity contribution >= 4 is 22.6 Å². The van der Waals surface area contributed by atoms with Crippen LogP contribution in [0.1, 0.15) is 12.0 Å². The van der Waals surface area contributed by atoms with Gasteiger partial charge in [0, 0.05) is 11.8 Å². The summed E-state index contributed by atoms with van der Waals surface area (Å²) < 4.78 is 27.4. The number of thioether (sulfide) groups is 1. The molecule has 2 heterocycles. The molecule has 0 spiro atoms. The van der Waals surface area contributed by atoms with E-state index >= 15 is 0 Å². The van der Waals surface area contributed by atoms with Crippen LogP contribution in [-0.4, -0.2) is 47.9 Å². The van der Waals surface area contributed by atoms with E-state index in [4.69, 9.17) is 9.47 Å². The van der Waals surface area contributed by atoms with Gasteiger partial charge in [0.1, 0.15) is 11.6 Å². The number of hydrogen-bond acceptors (Lipinski definition) is 5. The van der Waals surface area contributed by atoms with Crippen molar-refractivity contribution in [1.82, 2.24) is 0 Å². The van der Waals surface area contributed by atoms with Crippen LogP contribution < -0.4 is 14.4 Å². The van der Waals surface area contributed by atoms with Gasteiger partial charge in [0.15, 0.2) is 18.0 Å². The van der Waals surface area contributed by atoms with E-state index in [0.717, 1.165) is 28.8 Å². The maximum Gasteiger partial charge on any atom is 0.316 e. The first-order valence-corrected chi connectivity index (χ1v) is 9.81. The fraction of sp³-hybridized carbons (Fsp3) is 0.350. The first-order valence-electron chi connectivity index (χ1n) is 8.83. The van der Waals surface area contributed by atoms with E-state index in [-0.39, 0.29) is 12.1 Å². The third-order valence-corrected chi connectivity index (χ3v) is 6.22. The van der Waals surface area contributed by atoms with Crippen LogP contribution in [0.5, 0.6) is 11.5 Å². The van der Waals surface area contributed by atoms with E-state index in [1.54, 1.807) is 31.0 Å². The predicted octanol–water partition coefficient (Wildman–Crippen LogP) is 3.01. The Morgan fingerprint density at radius 3 is 2.74 bits per heavy atom. The summed E-state index contributed by atoms with van der Waals surface area (Å²) in [7, 11) is 3.12. The molecular formula is C20H22FN2O3S+. The molecule has 0 aromatic heterocycles. The quantitative estimate of drug-likeness (QED) is 0.815. The summed E-state index contributed by atoms with van der Waals surface area (Å²) in [6.07, 6.45) is 0.925. The van der Waals surface area contributed by atoms with Crippen molar-refractivity contribution in [1.29, 1.82) is 0 Å². The SMILES string of the molecule is COc1ccc(C2(O)CN(c3ccccc3OC)C3=[N+]2CCCS3)c(F)c1. The number of hydrogen-bond donors (Lipinski definition) is 1. The number of aliphatic hydroxyl groups is 1. The van der Waals surface area contributed by atoms with Crippen molar-refractivity contribution in [3.63, 3.8) is 0 Å². The average molecular weight is 389 g/mol. The summed E-state index contributed by atoms with van der Waals surface area (Å²) >= 11 is 1.67. The Labute approximate surface area is 162 Å². The lowest BCUT2D eigenvalue weighted by Gasteiger charge is -2.24. The van der Waals surface area contributed by atoms with E-state index < -0.39 is 11.5 Å². The van der Waals surface area contributed by atoms with Gasteiger partial charge in [0.05, 0.1) is 26.3 Å². The van der Waals surface area contributed by atoms with Gasteiger partial charge >= 0.3 is 5.17 Å².